The van der Waals surface area contributed by atoms with E-state index >= 15 is 0 Å². The monoisotopic (exact) mass is 352 g/mol. The number of likely N-dealkylation sites (tertiary alicyclic amines) is 1. The number of thiazole rings is 1. The summed E-state index contributed by atoms with van der Waals surface area (Å²) in [5, 5.41) is 12.1. The van der Waals surface area contributed by atoms with E-state index < -0.39 is 5.60 Å². The predicted molar refractivity (Wildman–Crippen MR) is 96.6 cm³/mol. The Hall–Kier alpha value is -1.18. The van der Waals surface area contributed by atoms with Gasteiger partial charge in [0.25, 0.3) is 0 Å². The molecule has 0 saturated carbocycles. The van der Waals surface area contributed by atoms with Gasteiger partial charge >= 0.3 is 0 Å². The van der Waals surface area contributed by atoms with Gasteiger partial charge in [0.1, 0.15) is 0 Å². The van der Waals surface area contributed by atoms with Gasteiger partial charge in [0.05, 0.1) is 17.8 Å². The van der Waals surface area contributed by atoms with Crippen molar-refractivity contribution < 1.29 is 9.90 Å². The largest absolute Gasteiger partial charge is 0.389 e. The first kappa shape index (κ1) is 17.6. The van der Waals surface area contributed by atoms with Gasteiger partial charge in [-0.15, -0.1) is 11.3 Å². The van der Waals surface area contributed by atoms with Crippen LogP contribution in [0, 0.1) is 19.8 Å². The van der Waals surface area contributed by atoms with Crippen molar-refractivity contribution in [1.29, 1.82) is 0 Å². The van der Waals surface area contributed by atoms with E-state index in [2.05, 4.69) is 16.8 Å². The standard InChI is InChI=1S/C17H28N4O2S/c1-12-13(2)24-16(18-12)21-8-6-17(23)5-7-20(9-14(17)10-21)15(22)11-19(3)4/h14,23H,5-11H2,1-4H3/t14-,17-/m1/s1. The van der Waals surface area contributed by atoms with Gasteiger partial charge in [-0.2, -0.15) is 0 Å². The van der Waals surface area contributed by atoms with Gasteiger partial charge < -0.3 is 19.8 Å². The van der Waals surface area contributed by atoms with Crippen LogP contribution in [0.4, 0.5) is 5.13 Å². The summed E-state index contributed by atoms with van der Waals surface area (Å²) in [6, 6.07) is 0. The third-order valence-corrected chi connectivity index (χ3v) is 6.50. The molecule has 0 spiro atoms. The third kappa shape index (κ3) is 3.43. The van der Waals surface area contributed by atoms with E-state index in [1.807, 2.05) is 30.8 Å². The van der Waals surface area contributed by atoms with Crippen molar-refractivity contribution in [2.24, 2.45) is 5.92 Å². The van der Waals surface area contributed by atoms with Crippen LogP contribution in [0.3, 0.4) is 0 Å². The molecule has 3 heterocycles. The maximum atomic E-state index is 12.4. The number of aromatic nitrogens is 1. The highest BCUT2D eigenvalue weighted by molar-refractivity contribution is 7.15. The minimum absolute atomic E-state index is 0.0932. The van der Waals surface area contributed by atoms with Gasteiger partial charge in [0, 0.05) is 37.0 Å². The van der Waals surface area contributed by atoms with Crippen LogP contribution in [-0.4, -0.2) is 78.2 Å². The van der Waals surface area contributed by atoms with Crippen molar-refractivity contribution in [2.45, 2.75) is 32.3 Å². The molecule has 2 aliphatic rings. The zero-order chi connectivity index (χ0) is 17.5. The third-order valence-electron chi connectivity index (χ3n) is 5.36. The molecule has 1 aromatic heterocycles. The van der Waals surface area contributed by atoms with Crippen LogP contribution in [0.15, 0.2) is 0 Å². The maximum absolute atomic E-state index is 12.4. The van der Waals surface area contributed by atoms with Crippen LogP contribution in [0.25, 0.3) is 0 Å². The smallest absolute Gasteiger partial charge is 0.236 e. The van der Waals surface area contributed by atoms with E-state index in [1.54, 1.807) is 11.3 Å². The fourth-order valence-electron chi connectivity index (χ4n) is 3.66. The van der Waals surface area contributed by atoms with E-state index in [9.17, 15) is 9.90 Å². The van der Waals surface area contributed by atoms with Crippen LogP contribution in [0.5, 0.6) is 0 Å². The molecule has 2 fully saturated rings. The summed E-state index contributed by atoms with van der Waals surface area (Å²) in [5.41, 5.74) is 0.453. The molecule has 0 aromatic carbocycles. The molecule has 24 heavy (non-hydrogen) atoms. The van der Waals surface area contributed by atoms with E-state index in [0.29, 0.717) is 26.1 Å². The molecule has 0 radical (unpaired) electrons. The molecule has 1 amide bonds. The second-order valence-corrected chi connectivity index (χ2v) is 8.64. The van der Waals surface area contributed by atoms with Crippen LogP contribution in [0.2, 0.25) is 0 Å². The molecule has 0 aliphatic carbocycles. The lowest BCUT2D eigenvalue weighted by molar-refractivity contribution is -0.141. The molecule has 2 saturated heterocycles. The quantitative estimate of drug-likeness (QED) is 0.883. The summed E-state index contributed by atoms with van der Waals surface area (Å²) in [7, 11) is 3.82. The number of piperidine rings is 2. The number of rotatable bonds is 3. The molecule has 7 heteroatoms. The first-order valence-electron chi connectivity index (χ1n) is 8.62. The summed E-state index contributed by atoms with van der Waals surface area (Å²) in [6.45, 7) is 7.48. The number of nitrogens with zero attached hydrogens (tertiary/aromatic N) is 4. The first-order valence-corrected chi connectivity index (χ1v) is 9.44. The Morgan fingerprint density at radius 1 is 1.33 bits per heavy atom. The second kappa shape index (κ2) is 6.61. The molecule has 0 unspecified atom stereocenters. The van der Waals surface area contributed by atoms with Crippen LogP contribution in [0.1, 0.15) is 23.4 Å². The zero-order valence-electron chi connectivity index (χ0n) is 15.1. The van der Waals surface area contributed by atoms with Gasteiger partial charge in [0.15, 0.2) is 5.13 Å². The van der Waals surface area contributed by atoms with Crippen molar-refractivity contribution in [2.75, 3.05) is 51.7 Å². The number of carbonyl (C=O) groups excluding carboxylic acids is 1. The fraction of sp³-hybridized carbons (Fsp3) is 0.765. The lowest BCUT2D eigenvalue weighted by Crippen LogP contribution is -2.61. The van der Waals surface area contributed by atoms with Gasteiger partial charge in [-0.1, -0.05) is 0 Å². The minimum atomic E-state index is -0.632. The van der Waals surface area contributed by atoms with E-state index in [4.69, 9.17) is 0 Å². The number of amides is 1. The van der Waals surface area contributed by atoms with Crippen molar-refractivity contribution >= 4 is 22.4 Å². The Morgan fingerprint density at radius 2 is 2.04 bits per heavy atom. The highest BCUT2D eigenvalue weighted by atomic mass is 32.1. The number of hydrogen-bond donors (Lipinski definition) is 1. The van der Waals surface area contributed by atoms with Crippen molar-refractivity contribution in [3.63, 3.8) is 0 Å². The molecule has 3 rings (SSSR count). The molecule has 1 aromatic rings. The van der Waals surface area contributed by atoms with Gasteiger partial charge in [-0.25, -0.2) is 4.98 Å². The topological polar surface area (TPSA) is 59.9 Å². The summed E-state index contributed by atoms with van der Waals surface area (Å²) < 4.78 is 0. The Bertz CT molecular complexity index is 598. The normalized spacial score (nSPS) is 27.5. The molecular weight excluding hydrogens is 324 g/mol. The molecule has 2 atom stereocenters. The van der Waals surface area contributed by atoms with Crippen LogP contribution < -0.4 is 4.90 Å². The number of fused-ring (bicyclic) bond motifs is 1. The number of anilines is 1. The Kier molecular flexibility index (Phi) is 4.86. The van der Waals surface area contributed by atoms with Crippen LogP contribution >= 0.6 is 11.3 Å². The molecule has 134 valence electrons. The summed E-state index contributed by atoms with van der Waals surface area (Å²) >= 11 is 1.72. The summed E-state index contributed by atoms with van der Waals surface area (Å²) in [4.78, 5) is 24.4. The number of aliphatic hydroxyl groups is 1. The SMILES string of the molecule is Cc1nc(N2CC[C@]3(O)CCN(C(=O)CN(C)C)C[C@@H]3C2)sc1C. The van der Waals surface area contributed by atoms with Crippen molar-refractivity contribution in [1.82, 2.24) is 14.8 Å². The minimum Gasteiger partial charge on any atom is -0.389 e. The Labute approximate surface area is 148 Å². The molecular formula is C17H28N4O2S. The van der Waals surface area contributed by atoms with Gasteiger partial charge in [0.2, 0.25) is 5.91 Å². The number of hydrogen-bond acceptors (Lipinski definition) is 6. The zero-order valence-corrected chi connectivity index (χ0v) is 15.9. The Balaban J connectivity index is 1.70. The lowest BCUT2D eigenvalue weighted by Gasteiger charge is -2.50. The summed E-state index contributed by atoms with van der Waals surface area (Å²) in [5.74, 6) is 0.246. The van der Waals surface area contributed by atoms with E-state index in [1.165, 1.54) is 4.88 Å². The van der Waals surface area contributed by atoms with Gasteiger partial charge in [-0.05, 0) is 40.8 Å². The van der Waals surface area contributed by atoms with Crippen molar-refractivity contribution in [3.05, 3.63) is 10.6 Å². The van der Waals surface area contributed by atoms with Gasteiger partial charge in [-0.3, -0.25) is 4.79 Å². The predicted octanol–water partition coefficient (Wildman–Crippen LogP) is 1.11. The number of aryl methyl sites for hydroxylation is 2. The first-order chi connectivity index (χ1) is 11.3. The fourth-order valence-corrected chi connectivity index (χ4v) is 4.61. The van der Waals surface area contributed by atoms with E-state index in [-0.39, 0.29) is 11.8 Å². The Morgan fingerprint density at radius 3 is 2.67 bits per heavy atom. The molecule has 1 N–H and O–H groups in total. The second-order valence-electron chi connectivity index (χ2n) is 7.46. The maximum Gasteiger partial charge on any atom is 0.236 e. The highest BCUT2D eigenvalue weighted by Crippen LogP contribution is 2.38. The molecule has 6 nitrogen and oxygen atoms in total. The molecule has 0 bridgehead atoms. The number of carbonyl (C=O) groups is 1. The highest BCUT2D eigenvalue weighted by Gasteiger charge is 2.46. The van der Waals surface area contributed by atoms with Crippen LogP contribution in [-0.2, 0) is 4.79 Å². The average molecular weight is 353 g/mol. The number of likely N-dealkylation sites (N-methyl/N-ethyl adjacent to an activating group) is 1. The lowest BCUT2D eigenvalue weighted by atomic mass is 9.76. The summed E-state index contributed by atoms with van der Waals surface area (Å²) in [6.07, 6.45) is 1.44. The molecule has 2 aliphatic heterocycles. The van der Waals surface area contributed by atoms with Crippen molar-refractivity contribution in [3.8, 4) is 0 Å². The average Bonchev–Trinajstić information content (AvgIpc) is 2.84. The van der Waals surface area contributed by atoms with E-state index in [0.717, 1.165) is 30.3 Å².